The molecule has 3 heterocycles. The summed E-state index contributed by atoms with van der Waals surface area (Å²) in [6.45, 7) is 5.60. The Labute approximate surface area is 152 Å². The molecule has 3 aliphatic heterocycles. The molecule has 6 nitrogen and oxygen atoms in total. The largest absolute Gasteiger partial charge is 0.312 e. The Kier molecular flexibility index (Phi) is 5.40. The van der Waals surface area contributed by atoms with Crippen LogP contribution in [0.2, 0.25) is 0 Å². The van der Waals surface area contributed by atoms with E-state index in [9.17, 15) is 8.42 Å². The van der Waals surface area contributed by atoms with Crippen LogP contribution in [0.1, 0.15) is 38.5 Å². The summed E-state index contributed by atoms with van der Waals surface area (Å²) in [4.78, 5) is 2.63. The molecule has 4 fully saturated rings. The molecule has 0 bridgehead atoms. The number of hydrogen-bond acceptors (Lipinski definition) is 6. The molecule has 0 aromatic heterocycles. The van der Waals surface area contributed by atoms with Gasteiger partial charge in [-0.2, -0.15) is 0 Å². The molecule has 0 spiro atoms. The first-order valence-electron chi connectivity index (χ1n) is 10.1. The van der Waals surface area contributed by atoms with Crippen molar-refractivity contribution in [2.75, 3.05) is 39.0 Å². The molecule has 0 radical (unpaired) electrons. The number of nitrogens with one attached hydrogen (secondary N) is 3. The van der Waals surface area contributed by atoms with Gasteiger partial charge in [-0.15, -0.1) is 0 Å². The van der Waals surface area contributed by atoms with Crippen LogP contribution in [0.25, 0.3) is 0 Å². The predicted molar refractivity (Wildman–Crippen MR) is 100 cm³/mol. The maximum absolute atomic E-state index is 11.8. The van der Waals surface area contributed by atoms with Crippen molar-refractivity contribution in [1.82, 2.24) is 20.9 Å². The maximum Gasteiger partial charge on any atom is 0.150 e. The zero-order valence-electron chi connectivity index (χ0n) is 15.4. The van der Waals surface area contributed by atoms with Gasteiger partial charge in [0.25, 0.3) is 0 Å². The standard InChI is InChI=1S/C18H34N4O2S/c1-25(23,24)15-6-4-13(5-7-15)16-9-19-10-18(21-16)22-11-14-3-2-8-20-17(14)12-22/h13-21H,2-12H2,1H3. The van der Waals surface area contributed by atoms with E-state index in [0.29, 0.717) is 24.2 Å². The lowest BCUT2D eigenvalue weighted by Crippen LogP contribution is -2.63. The summed E-state index contributed by atoms with van der Waals surface area (Å²) >= 11 is 0. The average molecular weight is 371 g/mol. The number of nitrogens with zero attached hydrogens (tertiary/aromatic N) is 1. The van der Waals surface area contributed by atoms with E-state index in [1.807, 2.05) is 0 Å². The van der Waals surface area contributed by atoms with E-state index in [1.165, 1.54) is 32.2 Å². The van der Waals surface area contributed by atoms with E-state index in [2.05, 4.69) is 20.9 Å². The summed E-state index contributed by atoms with van der Waals surface area (Å²) in [6, 6.07) is 1.16. The predicted octanol–water partition coefficient (Wildman–Crippen LogP) is 0.161. The van der Waals surface area contributed by atoms with E-state index in [4.69, 9.17) is 0 Å². The van der Waals surface area contributed by atoms with Gasteiger partial charge in [0, 0.05) is 44.5 Å². The Morgan fingerprint density at radius 3 is 2.44 bits per heavy atom. The number of sulfone groups is 1. The lowest BCUT2D eigenvalue weighted by molar-refractivity contribution is 0.119. The fraction of sp³-hybridized carbons (Fsp3) is 1.00. The van der Waals surface area contributed by atoms with E-state index in [0.717, 1.165) is 51.2 Å². The molecule has 1 aliphatic carbocycles. The highest BCUT2D eigenvalue weighted by Crippen LogP contribution is 2.32. The van der Waals surface area contributed by atoms with Crippen LogP contribution in [0.3, 0.4) is 0 Å². The second-order valence-corrected chi connectivity index (χ2v) is 11.1. The van der Waals surface area contributed by atoms with Crippen molar-refractivity contribution in [1.29, 1.82) is 0 Å². The summed E-state index contributed by atoms with van der Waals surface area (Å²) in [6.07, 6.45) is 8.26. The molecule has 4 aliphatic rings. The zero-order valence-corrected chi connectivity index (χ0v) is 16.2. The SMILES string of the molecule is CS(=O)(=O)C1CCC(C2CNCC(N3CC4CCCNC4C3)N2)CC1. The molecule has 4 unspecified atom stereocenters. The number of rotatable bonds is 3. The van der Waals surface area contributed by atoms with Gasteiger partial charge in [0.15, 0.2) is 0 Å². The van der Waals surface area contributed by atoms with Gasteiger partial charge in [0.1, 0.15) is 9.84 Å². The first-order chi connectivity index (χ1) is 12.0. The van der Waals surface area contributed by atoms with Gasteiger partial charge < -0.3 is 10.6 Å². The van der Waals surface area contributed by atoms with Crippen LogP contribution in [0.5, 0.6) is 0 Å². The quantitative estimate of drug-likeness (QED) is 0.657. The normalized spacial score (nSPS) is 43.7. The highest BCUT2D eigenvalue weighted by Gasteiger charge is 2.40. The summed E-state index contributed by atoms with van der Waals surface area (Å²) in [5.41, 5.74) is 0. The molecule has 4 atom stereocenters. The van der Waals surface area contributed by atoms with Crippen molar-refractivity contribution in [2.45, 2.75) is 62.0 Å². The fourth-order valence-corrected chi connectivity index (χ4v) is 6.66. The third-order valence-electron chi connectivity index (χ3n) is 7.07. The first kappa shape index (κ1) is 18.2. The second kappa shape index (κ2) is 7.43. The van der Waals surface area contributed by atoms with Gasteiger partial charge in [-0.25, -0.2) is 8.42 Å². The Morgan fingerprint density at radius 2 is 1.72 bits per heavy atom. The molecule has 4 rings (SSSR count). The minimum Gasteiger partial charge on any atom is -0.312 e. The van der Waals surface area contributed by atoms with Gasteiger partial charge >= 0.3 is 0 Å². The summed E-state index contributed by atoms with van der Waals surface area (Å²) in [7, 11) is -2.87. The topological polar surface area (TPSA) is 73.5 Å². The molecule has 144 valence electrons. The number of piperazine rings is 1. The van der Waals surface area contributed by atoms with Crippen molar-refractivity contribution >= 4 is 9.84 Å². The van der Waals surface area contributed by atoms with Gasteiger partial charge in [0.2, 0.25) is 0 Å². The summed E-state index contributed by atoms with van der Waals surface area (Å²) < 4.78 is 23.6. The van der Waals surface area contributed by atoms with Crippen molar-refractivity contribution in [2.24, 2.45) is 11.8 Å². The third-order valence-corrected chi connectivity index (χ3v) is 8.75. The van der Waals surface area contributed by atoms with Crippen molar-refractivity contribution in [3.8, 4) is 0 Å². The second-order valence-electron chi connectivity index (χ2n) is 8.73. The molecule has 0 aromatic carbocycles. The molecular formula is C18H34N4O2S. The number of fused-ring (bicyclic) bond motifs is 1. The number of hydrogen-bond donors (Lipinski definition) is 3. The van der Waals surface area contributed by atoms with E-state index in [1.54, 1.807) is 0 Å². The van der Waals surface area contributed by atoms with Crippen LogP contribution in [0, 0.1) is 11.8 Å². The van der Waals surface area contributed by atoms with Crippen LogP contribution >= 0.6 is 0 Å². The highest BCUT2D eigenvalue weighted by molar-refractivity contribution is 7.91. The van der Waals surface area contributed by atoms with Crippen LogP contribution in [0.4, 0.5) is 0 Å². The molecule has 1 saturated carbocycles. The molecule has 3 N–H and O–H groups in total. The number of likely N-dealkylation sites (tertiary alicyclic amines) is 1. The molecule has 0 amide bonds. The highest BCUT2D eigenvalue weighted by atomic mass is 32.2. The molecule has 25 heavy (non-hydrogen) atoms. The lowest BCUT2D eigenvalue weighted by atomic mass is 9.83. The van der Waals surface area contributed by atoms with Gasteiger partial charge in [-0.1, -0.05) is 0 Å². The summed E-state index contributed by atoms with van der Waals surface area (Å²) in [5.74, 6) is 1.43. The van der Waals surface area contributed by atoms with Crippen molar-refractivity contribution in [3.63, 3.8) is 0 Å². The fourth-order valence-electron chi connectivity index (χ4n) is 5.53. The third kappa shape index (κ3) is 4.05. The van der Waals surface area contributed by atoms with Crippen LogP contribution in [-0.4, -0.2) is 75.8 Å². The minimum absolute atomic E-state index is 0.108. The van der Waals surface area contributed by atoms with Gasteiger partial charge in [0.05, 0.1) is 11.4 Å². The molecule has 3 saturated heterocycles. The average Bonchev–Trinajstić information content (AvgIpc) is 3.05. The van der Waals surface area contributed by atoms with Crippen molar-refractivity contribution < 1.29 is 8.42 Å². The Balaban J connectivity index is 1.31. The molecular weight excluding hydrogens is 336 g/mol. The van der Waals surface area contributed by atoms with Crippen LogP contribution < -0.4 is 16.0 Å². The van der Waals surface area contributed by atoms with E-state index >= 15 is 0 Å². The lowest BCUT2D eigenvalue weighted by Gasteiger charge is -2.42. The molecule has 7 heteroatoms. The van der Waals surface area contributed by atoms with E-state index in [-0.39, 0.29) is 5.25 Å². The zero-order chi connectivity index (χ0) is 17.4. The van der Waals surface area contributed by atoms with Gasteiger partial charge in [-0.05, 0) is 56.9 Å². The van der Waals surface area contributed by atoms with E-state index < -0.39 is 9.84 Å². The van der Waals surface area contributed by atoms with Crippen LogP contribution in [-0.2, 0) is 9.84 Å². The number of piperidine rings is 1. The Bertz CT molecular complexity index is 547. The summed E-state index contributed by atoms with van der Waals surface area (Å²) in [5, 5.41) is 11.1. The smallest absolute Gasteiger partial charge is 0.150 e. The van der Waals surface area contributed by atoms with Crippen LogP contribution in [0.15, 0.2) is 0 Å². The Morgan fingerprint density at radius 1 is 0.920 bits per heavy atom. The minimum atomic E-state index is -2.87. The van der Waals surface area contributed by atoms with Gasteiger partial charge in [-0.3, -0.25) is 10.2 Å². The monoisotopic (exact) mass is 370 g/mol. The maximum atomic E-state index is 11.8. The first-order valence-corrected chi connectivity index (χ1v) is 12.1. The Hall–Kier alpha value is -0.210. The van der Waals surface area contributed by atoms with Crippen molar-refractivity contribution in [3.05, 3.63) is 0 Å². The molecule has 0 aromatic rings.